The van der Waals surface area contributed by atoms with Gasteiger partial charge in [0.25, 0.3) is 0 Å². The van der Waals surface area contributed by atoms with E-state index >= 15 is 0 Å². The molecule has 0 spiro atoms. The van der Waals surface area contributed by atoms with Crippen molar-refractivity contribution in [2.45, 2.75) is 19.4 Å². The summed E-state index contributed by atoms with van der Waals surface area (Å²) in [6, 6.07) is 14.1. The number of nitrogens with one attached hydrogen (secondary N) is 2. The van der Waals surface area contributed by atoms with Crippen molar-refractivity contribution in [1.82, 2.24) is 9.55 Å². The van der Waals surface area contributed by atoms with E-state index in [0.29, 0.717) is 24.0 Å². The second-order valence-corrected chi connectivity index (χ2v) is 5.98. The fourth-order valence-electron chi connectivity index (χ4n) is 3.17. The topological polar surface area (TPSA) is 85.2 Å². The van der Waals surface area contributed by atoms with E-state index in [0.717, 1.165) is 11.0 Å². The van der Waals surface area contributed by atoms with Gasteiger partial charge in [-0.1, -0.05) is 24.3 Å². The van der Waals surface area contributed by atoms with E-state index in [-0.39, 0.29) is 18.2 Å². The number of hydrogen-bond acceptors (Lipinski definition) is 4. The van der Waals surface area contributed by atoms with Crippen LogP contribution >= 0.6 is 0 Å². The molecular weight excluding hydrogens is 332 g/mol. The van der Waals surface area contributed by atoms with Gasteiger partial charge in [0, 0.05) is 0 Å². The van der Waals surface area contributed by atoms with Crippen molar-refractivity contribution >= 4 is 34.5 Å². The molecule has 132 valence electrons. The van der Waals surface area contributed by atoms with Crippen LogP contribution in [0.15, 0.2) is 48.5 Å². The van der Waals surface area contributed by atoms with Gasteiger partial charge in [0.05, 0.1) is 29.7 Å². The third-order valence-electron chi connectivity index (χ3n) is 4.28. The van der Waals surface area contributed by atoms with Crippen molar-refractivity contribution in [3.05, 3.63) is 48.5 Å². The van der Waals surface area contributed by atoms with Gasteiger partial charge in [-0.3, -0.25) is 19.5 Å². The smallest absolute Gasteiger partial charge is 0.250 e. The molecule has 0 radical (unpaired) electrons. The number of carbonyl (C=O) groups is 2. The van der Waals surface area contributed by atoms with Crippen molar-refractivity contribution in [2.75, 3.05) is 17.2 Å². The number of hydrogen-bond donors (Lipinski definition) is 2. The monoisotopic (exact) mass is 350 g/mol. The number of rotatable bonds is 5. The quantitative estimate of drug-likeness (QED) is 0.741. The molecule has 26 heavy (non-hydrogen) atoms. The molecule has 0 saturated carbocycles. The second kappa shape index (κ2) is 6.51. The minimum absolute atomic E-state index is 0.0135. The Kier molecular flexibility index (Phi) is 4.04. The van der Waals surface area contributed by atoms with Gasteiger partial charge >= 0.3 is 0 Å². The SMILES string of the molecule is CCOc1ccccc1NC(=O)C[C@@H]1C(=O)Nc2nc3ccccc3n21. The molecule has 3 aromatic rings. The van der Waals surface area contributed by atoms with Gasteiger partial charge in [-0.2, -0.15) is 0 Å². The highest BCUT2D eigenvalue weighted by Crippen LogP contribution is 2.32. The molecule has 7 nitrogen and oxygen atoms in total. The number of carbonyl (C=O) groups excluding carboxylic acids is 2. The summed E-state index contributed by atoms with van der Waals surface area (Å²) in [5, 5.41) is 5.58. The number of imidazole rings is 1. The highest BCUT2D eigenvalue weighted by molar-refractivity contribution is 6.03. The maximum Gasteiger partial charge on any atom is 0.250 e. The van der Waals surface area contributed by atoms with Gasteiger partial charge in [-0.15, -0.1) is 0 Å². The second-order valence-electron chi connectivity index (χ2n) is 5.98. The minimum Gasteiger partial charge on any atom is -0.492 e. The van der Waals surface area contributed by atoms with Crippen LogP contribution in [-0.2, 0) is 9.59 Å². The molecule has 1 aromatic heterocycles. The largest absolute Gasteiger partial charge is 0.492 e. The molecule has 0 aliphatic carbocycles. The Hall–Kier alpha value is -3.35. The van der Waals surface area contributed by atoms with E-state index in [1.54, 1.807) is 16.7 Å². The lowest BCUT2D eigenvalue weighted by atomic mass is 10.1. The van der Waals surface area contributed by atoms with Crippen LogP contribution in [0.4, 0.5) is 11.6 Å². The van der Waals surface area contributed by atoms with Gasteiger partial charge in [-0.25, -0.2) is 4.98 Å². The van der Waals surface area contributed by atoms with E-state index in [9.17, 15) is 9.59 Å². The van der Waals surface area contributed by atoms with Gasteiger partial charge in [0.15, 0.2) is 0 Å². The molecule has 0 unspecified atom stereocenters. The molecule has 2 N–H and O–H groups in total. The standard InChI is InChI=1S/C19H18N4O3/c1-2-26-16-10-6-4-8-13(16)20-17(24)11-15-18(25)22-19-21-12-7-3-5-9-14(12)23(15)19/h3-10,15H,2,11H2,1H3,(H,20,24)(H,21,22,25)/t15-/m1/s1. The van der Waals surface area contributed by atoms with E-state index < -0.39 is 6.04 Å². The van der Waals surface area contributed by atoms with Crippen molar-refractivity contribution < 1.29 is 14.3 Å². The Labute approximate surface area is 150 Å². The lowest BCUT2D eigenvalue weighted by Gasteiger charge is -2.14. The average Bonchev–Trinajstić information content (AvgIpc) is 3.13. The summed E-state index contributed by atoms with van der Waals surface area (Å²) in [5.74, 6) is 0.589. The highest BCUT2D eigenvalue weighted by Gasteiger charge is 2.34. The maximum absolute atomic E-state index is 12.6. The maximum atomic E-state index is 12.6. The molecule has 1 aliphatic heterocycles. The predicted molar refractivity (Wildman–Crippen MR) is 98.3 cm³/mol. The van der Waals surface area contributed by atoms with Crippen LogP contribution in [0.25, 0.3) is 11.0 Å². The number of para-hydroxylation sites is 4. The normalized spacial score (nSPS) is 15.6. The van der Waals surface area contributed by atoms with Crippen LogP contribution in [-0.4, -0.2) is 28.0 Å². The third-order valence-corrected chi connectivity index (χ3v) is 4.28. The number of benzene rings is 2. The summed E-state index contributed by atoms with van der Waals surface area (Å²) in [5.41, 5.74) is 2.21. The summed E-state index contributed by atoms with van der Waals surface area (Å²) in [4.78, 5) is 29.3. The van der Waals surface area contributed by atoms with E-state index in [1.807, 2.05) is 43.3 Å². The van der Waals surface area contributed by atoms with Crippen LogP contribution in [0, 0.1) is 0 Å². The summed E-state index contributed by atoms with van der Waals surface area (Å²) in [6.07, 6.45) is 0.0135. The summed E-state index contributed by atoms with van der Waals surface area (Å²) in [7, 11) is 0. The van der Waals surface area contributed by atoms with Crippen molar-refractivity contribution in [2.24, 2.45) is 0 Å². The molecule has 2 amide bonds. The number of anilines is 2. The van der Waals surface area contributed by atoms with Crippen molar-refractivity contribution in [1.29, 1.82) is 0 Å². The zero-order valence-electron chi connectivity index (χ0n) is 14.2. The van der Waals surface area contributed by atoms with E-state index in [1.165, 1.54) is 0 Å². The Morgan fingerprint density at radius 1 is 1.23 bits per heavy atom. The number of aromatic nitrogens is 2. The highest BCUT2D eigenvalue weighted by atomic mass is 16.5. The van der Waals surface area contributed by atoms with Crippen LogP contribution in [0.1, 0.15) is 19.4 Å². The third kappa shape index (κ3) is 2.77. The molecule has 0 bridgehead atoms. The van der Waals surface area contributed by atoms with Gasteiger partial charge in [0.1, 0.15) is 11.8 Å². The summed E-state index contributed by atoms with van der Waals surface area (Å²) in [6.45, 7) is 2.38. The average molecular weight is 350 g/mol. The summed E-state index contributed by atoms with van der Waals surface area (Å²) < 4.78 is 7.30. The zero-order valence-corrected chi connectivity index (χ0v) is 14.2. The molecular formula is C19H18N4O3. The van der Waals surface area contributed by atoms with E-state index in [4.69, 9.17) is 4.74 Å². The fraction of sp³-hybridized carbons (Fsp3) is 0.211. The Bertz CT molecular complexity index is 995. The molecule has 0 fully saturated rings. The zero-order chi connectivity index (χ0) is 18.1. The number of ether oxygens (including phenoxy) is 1. The van der Waals surface area contributed by atoms with Crippen LogP contribution < -0.4 is 15.4 Å². The van der Waals surface area contributed by atoms with Crippen LogP contribution in [0.2, 0.25) is 0 Å². The van der Waals surface area contributed by atoms with Crippen LogP contribution in [0.5, 0.6) is 5.75 Å². The lowest BCUT2D eigenvalue weighted by Crippen LogP contribution is -2.23. The van der Waals surface area contributed by atoms with Crippen molar-refractivity contribution in [3.63, 3.8) is 0 Å². The first-order chi connectivity index (χ1) is 12.7. The fourth-order valence-corrected chi connectivity index (χ4v) is 3.17. The number of nitrogens with zero attached hydrogens (tertiary/aromatic N) is 2. The lowest BCUT2D eigenvalue weighted by molar-refractivity contribution is -0.123. The first-order valence-corrected chi connectivity index (χ1v) is 8.47. The molecule has 2 heterocycles. The minimum atomic E-state index is -0.628. The molecule has 2 aromatic carbocycles. The first kappa shape index (κ1) is 16.1. The molecule has 1 atom stereocenters. The molecule has 0 saturated heterocycles. The number of amides is 2. The van der Waals surface area contributed by atoms with Crippen molar-refractivity contribution in [3.8, 4) is 5.75 Å². The van der Waals surface area contributed by atoms with Crippen LogP contribution in [0.3, 0.4) is 0 Å². The molecule has 4 rings (SSSR count). The Balaban J connectivity index is 1.57. The molecule has 1 aliphatic rings. The van der Waals surface area contributed by atoms with Gasteiger partial charge in [0.2, 0.25) is 17.8 Å². The Morgan fingerprint density at radius 2 is 2.00 bits per heavy atom. The first-order valence-electron chi connectivity index (χ1n) is 8.47. The predicted octanol–water partition coefficient (Wildman–Crippen LogP) is 2.96. The summed E-state index contributed by atoms with van der Waals surface area (Å²) >= 11 is 0. The van der Waals surface area contributed by atoms with Gasteiger partial charge < -0.3 is 10.1 Å². The Morgan fingerprint density at radius 3 is 2.85 bits per heavy atom. The number of fused-ring (bicyclic) bond motifs is 3. The van der Waals surface area contributed by atoms with Gasteiger partial charge in [-0.05, 0) is 31.2 Å². The van der Waals surface area contributed by atoms with E-state index in [2.05, 4.69) is 15.6 Å². The molecule has 7 heteroatoms.